The van der Waals surface area contributed by atoms with E-state index in [1.807, 2.05) is 54.9 Å². The number of ketones is 1. The first-order valence-electron chi connectivity index (χ1n) is 6.00. The van der Waals surface area contributed by atoms with Crippen molar-refractivity contribution in [2.24, 2.45) is 7.05 Å². The van der Waals surface area contributed by atoms with Gasteiger partial charge in [-0.25, -0.2) is 0 Å². The lowest BCUT2D eigenvalue weighted by Crippen LogP contribution is -2.09. The second-order valence-corrected chi connectivity index (χ2v) is 4.44. The molecule has 0 aliphatic heterocycles. The van der Waals surface area contributed by atoms with E-state index in [4.69, 9.17) is 5.11 Å². The van der Waals surface area contributed by atoms with Crippen LogP contribution in [0.2, 0.25) is 0 Å². The lowest BCUT2D eigenvalue weighted by atomic mass is 10.1. The summed E-state index contributed by atoms with van der Waals surface area (Å²) in [5.74, 6) is 0.0155. The molecule has 1 aromatic carbocycles. The van der Waals surface area contributed by atoms with Crippen molar-refractivity contribution in [3.05, 3.63) is 58.9 Å². The highest BCUT2D eigenvalue weighted by atomic mass is 16.3. The molecule has 0 saturated heterocycles. The molecule has 2 aromatic rings. The van der Waals surface area contributed by atoms with Crippen molar-refractivity contribution in [1.29, 1.82) is 0 Å². The van der Waals surface area contributed by atoms with Crippen LogP contribution in [-0.4, -0.2) is 22.1 Å². The third kappa shape index (κ3) is 2.36. The van der Waals surface area contributed by atoms with Crippen molar-refractivity contribution in [2.45, 2.75) is 13.3 Å². The van der Waals surface area contributed by atoms with Crippen molar-refractivity contribution in [2.75, 3.05) is 6.61 Å². The minimum Gasteiger partial charge on any atom is -0.396 e. The maximum absolute atomic E-state index is 12.3. The van der Waals surface area contributed by atoms with E-state index in [1.54, 1.807) is 0 Å². The Morgan fingerprint density at radius 1 is 1.17 bits per heavy atom. The van der Waals surface area contributed by atoms with Crippen LogP contribution in [0.1, 0.15) is 27.3 Å². The van der Waals surface area contributed by atoms with E-state index in [9.17, 15) is 4.79 Å². The number of hydrogen-bond donors (Lipinski definition) is 1. The SMILES string of the molecule is Cc1ccc(C(=O)c2ccc(CCO)n2C)cc1. The van der Waals surface area contributed by atoms with Crippen molar-refractivity contribution >= 4 is 5.78 Å². The van der Waals surface area contributed by atoms with E-state index in [0.717, 1.165) is 11.3 Å². The number of carbonyl (C=O) groups excluding carboxylic acids is 1. The van der Waals surface area contributed by atoms with Crippen LogP contribution in [0, 0.1) is 6.92 Å². The Hall–Kier alpha value is -1.87. The van der Waals surface area contributed by atoms with Gasteiger partial charge in [0.05, 0.1) is 5.69 Å². The second kappa shape index (κ2) is 5.19. The number of nitrogens with zero attached hydrogens (tertiary/aromatic N) is 1. The molecule has 0 aliphatic carbocycles. The van der Waals surface area contributed by atoms with Gasteiger partial charge in [-0.15, -0.1) is 0 Å². The summed E-state index contributed by atoms with van der Waals surface area (Å²) >= 11 is 0. The molecule has 0 radical (unpaired) electrons. The average molecular weight is 243 g/mol. The molecule has 1 N–H and O–H groups in total. The van der Waals surface area contributed by atoms with Gasteiger partial charge in [-0.2, -0.15) is 0 Å². The number of aromatic nitrogens is 1. The summed E-state index contributed by atoms with van der Waals surface area (Å²) in [6.07, 6.45) is 0.567. The van der Waals surface area contributed by atoms with Crippen molar-refractivity contribution in [3.63, 3.8) is 0 Å². The minimum atomic E-state index is 0.0155. The predicted octanol–water partition coefficient (Wildman–Crippen LogP) is 2.10. The van der Waals surface area contributed by atoms with E-state index in [-0.39, 0.29) is 12.4 Å². The lowest BCUT2D eigenvalue weighted by molar-refractivity contribution is 0.103. The molecule has 0 saturated carbocycles. The van der Waals surface area contributed by atoms with Crippen LogP contribution in [0.5, 0.6) is 0 Å². The number of aliphatic hydroxyl groups is 1. The number of benzene rings is 1. The van der Waals surface area contributed by atoms with E-state index >= 15 is 0 Å². The monoisotopic (exact) mass is 243 g/mol. The van der Waals surface area contributed by atoms with Crippen LogP contribution in [0.4, 0.5) is 0 Å². The van der Waals surface area contributed by atoms with Gasteiger partial charge >= 0.3 is 0 Å². The Kier molecular flexibility index (Phi) is 3.63. The van der Waals surface area contributed by atoms with Gasteiger partial charge in [-0.1, -0.05) is 29.8 Å². The zero-order valence-corrected chi connectivity index (χ0v) is 10.7. The zero-order valence-electron chi connectivity index (χ0n) is 10.7. The molecule has 3 heteroatoms. The van der Waals surface area contributed by atoms with Gasteiger partial charge in [-0.05, 0) is 19.1 Å². The standard InChI is InChI=1S/C15H17NO2/c1-11-3-5-12(6-4-11)15(18)14-8-7-13(9-10-17)16(14)2/h3-8,17H,9-10H2,1-2H3. The Labute approximate surface area is 107 Å². The first-order chi connectivity index (χ1) is 8.63. The van der Waals surface area contributed by atoms with E-state index in [2.05, 4.69) is 0 Å². The third-order valence-electron chi connectivity index (χ3n) is 3.14. The molecule has 1 heterocycles. The number of aryl methyl sites for hydroxylation is 1. The molecule has 0 amide bonds. The quantitative estimate of drug-likeness (QED) is 0.836. The van der Waals surface area contributed by atoms with E-state index in [0.29, 0.717) is 17.7 Å². The highest BCUT2D eigenvalue weighted by Crippen LogP contribution is 2.14. The Morgan fingerprint density at radius 3 is 2.44 bits per heavy atom. The summed E-state index contributed by atoms with van der Waals surface area (Å²) in [5.41, 5.74) is 3.45. The molecule has 3 nitrogen and oxygen atoms in total. The smallest absolute Gasteiger partial charge is 0.209 e. The lowest BCUT2D eigenvalue weighted by Gasteiger charge is -2.06. The summed E-state index contributed by atoms with van der Waals surface area (Å²) in [6.45, 7) is 2.09. The third-order valence-corrected chi connectivity index (χ3v) is 3.14. The number of aliphatic hydroxyl groups excluding tert-OH is 1. The normalized spacial score (nSPS) is 10.6. The maximum atomic E-state index is 12.3. The largest absolute Gasteiger partial charge is 0.396 e. The molecule has 0 atom stereocenters. The molecule has 0 fully saturated rings. The average Bonchev–Trinajstić information content (AvgIpc) is 2.72. The first-order valence-corrected chi connectivity index (χ1v) is 6.00. The number of hydrogen-bond acceptors (Lipinski definition) is 2. The van der Waals surface area contributed by atoms with E-state index in [1.165, 1.54) is 0 Å². The van der Waals surface area contributed by atoms with Crippen LogP contribution in [-0.2, 0) is 13.5 Å². The van der Waals surface area contributed by atoms with Crippen molar-refractivity contribution < 1.29 is 9.90 Å². The van der Waals surface area contributed by atoms with Crippen LogP contribution in [0.15, 0.2) is 36.4 Å². The van der Waals surface area contributed by atoms with Gasteiger partial charge in [0.2, 0.25) is 5.78 Å². The Balaban J connectivity index is 2.31. The van der Waals surface area contributed by atoms with Gasteiger partial charge in [-0.3, -0.25) is 4.79 Å². The summed E-state index contributed by atoms with van der Waals surface area (Å²) in [5, 5.41) is 8.94. The molecule has 0 unspecified atom stereocenters. The molecule has 0 aliphatic rings. The van der Waals surface area contributed by atoms with Crippen LogP contribution in [0.25, 0.3) is 0 Å². The fourth-order valence-corrected chi connectivity index (χ4v) is 2.00. The van der Waals surface area contributed by atoms with Crippen molar-refractivity contribution in [1.82, 2.24) is 4.57 Å². The molecule has 94 valence electrons. The van der Waals surface area contributed by atoms with Crippen LogP contribution >= 0.6 is 0 Å². The fraction of sp³-hybridized carbons (Fsp3) is 0.267. The summed E-state index contributed by atoms with van der Waals surface area (Å²) in [6, 6.07) is 11.3. The van der Waals surface area contributed by atoms with Gasteiger partial charge < -0.3 is 9.67 Å². The highest BCUT2D eigenvalue weighted by Gasteiger charge is 2.14. The zero-order chi connectivity index (χ0) is 13.1. The second-order valence-electron chi connectivity index (χ2n) is 4.44. The fourth-order valence-electron chi connectivity index (χ4n) is 2.00. The molecule has 1 aromatic heterocycles. The van der Waals surface area contributed by atoms with Gasteiger partial charge in [0.25, 0.3) is 0 Å². The molecule has 0 bridgehead atoms. The summed E-state index contributed by atoms with van der Waals surface area (Å²) < 4.78 is 1.85. The first kappa shape index (κ1) is 12.6. The number of rotatable bonds is 4. The molecular formula is C15H17NO2. The van der Waals surface area contributed by atoms with Crippen LogP contribution < -0.4 is 0 Å². The Bertz CT molecular complexity index is 552. The van der Waals surface area contributed by atoms with Gasteiger partial charge in [0, 0.05) is 31.3 Å². The molecule has 0 spiro atoms. The topological polar surface area (TPSA) is 42.2 Å². The van der Waals surface area contributed by atoms with Crippen LogP contribution in [0.3, 0.4) is 0 Å². The molecular weight excluding hydrogens is 226 g/mol. The maximum Gasteiger partial charge on any atom is 0.209 e. The molecule has 18 heavy (non-hydrogen) atoms. The predicted molar refractivity (Wildman–Crippen MR) is 70.8 cm³/mol. The minimum absolute atomic E-state index is 0.0155. The highest BCUT2D eigenvalue weighted by molar-refractivity contribution is 6.08. The van der Waals surface area contributed by atoms with E-state index < -0.39 is 0 Å². The molecule has 2 rings (SSSR count). The summed E-state index contributed by atoms with van der Waals surface area (Å²) in [7, 11) is 1.85. The number of carbonyl (C=O) groups is 1. The Morgan fingerprint density at radius 2 is 1.83 bits per heavy atom. The summed E-state index contributed by atoms with van der Waals surface area (Å²) in [4.78, 5) is 12.3. The van der Waals surface area contributed by atoms with Gasteiger partial charge in [0.15, 0.2) is 0 Å². The van der Waals surface area contributed by atoms with Crippen molar-refractivity contribution in [3.8, 4) is 0 Å². The van der Waals surface area contributed by atoms with Gasteiger partial charge in [0.1, 0.15) is 0 Å².